The van der Waals surface area contributed by atoms with Gasteiger partial charge in [-0.3, -0.25) is 9.10 Å². The first-order valence-corrected chi connectivity index (χ1v) is 10.0. The number of carbonyl (C=O) groups is 2. The quantitative estimate of drug-likeness (QED) is 0.373. The van der Waals surface area contributed by atoms with E-state index in [-0.39, 0.29) is 4.91 Å². The maximum atomic E-state index is 12.8. The summed E-state index contributed by atoms with van der Waals surface area (Å²) in [6.45, 7) is 0. The molecule has 0 fully saturated rings. The van der Waals surface area contributed by atoms with Gasteiger partial charge in [-0.2, -0.15) is 0 Å². The van der Waals surface area contributed by atoms with Gasteiger partial charge in [0.15, 0.2) is 0 Å². The molecule has 0 bridgehead atoms. The summed E-state index contributed by atoms with van der Waals surface area (Å²) in [4.78, 5) is 24.0. The van der Waals surface area contributed by atoms with E-state index in [1.165, 1.54) is 32.4 Å². The monoisotopic (exact) mass is 483 g/mol. The van der Waals surface area contributed by atoms with E-state index in [2.05, 4.69) is 27.3 Å². The molecule has 1 aliphatic heterocycles. The second kappa shape index (κ2) is 6.84. The van der Waals surface area contributed by atoms with Gasteiger partial charge in [-0.1, -0.05) is 12.1 Å². The Morgan fingerprint density at radius 1 is 1.15 bits per heavy atom. The third kappa shape index (κ3) is 3.14. The lowest BCUT2D eigenvalue weighted by Crippen LogP contribution is -2.36. The number of allylic oxidation sites excluding steroid dienone is 1. The zero-order valence-corrected chi connectivity index (χ0v) is 16.9. The van der Waals surface area contributed by atoms with Crippen molar-refractivity contribution in [2.24, 2.45) is 0 Å². The number of nitrogens with zero attached hydrogens (tertiary/aromatic N) is 1. The Hall–Kier alpha value is -2.20. The first-order chi connectivity index (χ1) is 12.3. The average molecular weight is 483 g/mol. The van der Waals surface area contributed by atoms with Crippen LogP contribution < -0.4 is 4.31 Å². The number of ether oxygens (including phenoxy) is 1. The Morgan fingerprint density at radius 2 is 1.81 bits per heavy atom. The number of sulfonamides is 1. The Bertz CT molecular complexity index is 1040. The van der Waals surface area contributed by atoms with Crippen LogP contribution in [0.3, 0.4) is 0 Å². The summed E-state index contributed by atoms with van der Waals surface area (Å²) in [6, 6.07) is 11.2. The van der Waals surface area contributed by atoms with Gasteiger partial charge >= 0.3 is 5.97 Å². The van der Waals surface area contributed by atoms with Crippen molar-refractivity contribution in [3.8, 4) is 0 Å². The fourth-order valence-electron chi connectivity index (χ4n) is 2.62. The summed E-state index contributed by atoms with van der Waals surface area (Å²) in [5, 5.41) is 0. The molecule has 0 unspecified atom stereocenters. The minimum absolute atomic E-state index is 0.305. The van der Waals surface area contributed by atoms with Crippen LogP contribution in [-0.4, -0.2) is 34.3 Å². The van der Waals surface area contributed by atoms with Crippen molar-refractivity contribution in [1.29, 1.82) is 0 Å². The van der Waals surface area contributed by atoms with Crippen LogP contribution in [-0.2, 0) is 14.8 Å². The molecule has 3 rings (SSSR count). The van der Waals surface area contributed by atoms with Crippen molar-refractivity contribution in [3.05, 3.63) is 67.6 Å². The predicted molar refractivity (Wildman–Crippen MR) is 107 cm³/mol. The first kappa shape index (κ1) is 18.6. The zero-order valence-electron chi connectivity index (χ0n) is 13.9. The molecule has 26 heavy (non-hydrogen) atoms. The Kier molecular flexibility index (Phi) is 4.89. The van der Waals surface area contributed by atoms with Crippen LogP contribution >= 0.6 is 22.6 Å². The van der Waals surface area contributed by atoms with Gasteiger partial charge in [0.2, 0.25) is 5.78 Å². The molecule has 0 aromatic heterocycles. The van der Waals surface area contributed by atoms with Crippen LogP contribution in [0.4, 0.5) is 5.69 Å². The van der Waals surface area contributed by atoms with Crippen LogP contribution in [0.2, 0.25) is 0 Å². The van der Waals surface area contributed by atoms with E-state index in [4.69, 9.17) is 0 Å². The summed E-state index contributed by atoms with van der Waals surface area (Å²) < 4.78 is 32.1. The molecule has 6 nitrogen and oxygen atoms in total. The van der Waals surface area contributed by atoms with E-state index in [9.17, 15) is 18.0 Å². The number of methoxy groups -OCH3 is 1. The van der Waals surface area contributed by atoms with Gasteiger partial charge in [-0.15, -0.1) is 0 Å². The summed E-state index contributed by atoms with van der Waals surface area (Å²) >= 11 is 2.07. The summed E-state index contributed by atoms with van der Waals surface area (Å²) in [7, 11) is -1.26. The Balaban J connectivity index is 2.10. The molecule has 2 aromatic carbocycles. The van der Waals surface area contributed by atoms with Crippen molar-refractivity contribution in [1.82, 2.24) is 0 Å². The maximum absolute atomic E-state index is 12.8. The number of fused-ring (bicyclic) bond motifs is 1. The number of hydrogen-bond acceptors (Lipinski definition) is 5. The number of Topliss-reactive ketones (excluding diaryl/α,β-unsaturated/α-hetero) is 1. The van der Waals surface area contributed by atoms with Crippen molar-refractivity contribution < 1.29 is 22.7 Å². The highest BCUT2D eigenvalue weighted by atomic mass is 127. The van der Waals surface area contributed by atoms with Gasteiger partial charge in [0.05, 0.1) is 18.4 Å². The standard InChI is InChI=1S/C18H14INO5S/c1-20-15-8-7-13(19)10-14(15)17(21)16(26(20,23)24)9-11-3-5-12(6-4-11)18(22)25-2/h3-10H,1-2H3/b16-9-. The van der Waals surface area contributed by atoms with Gasteiger partial charge in [0.1, 0.15) is 4.91 Å². The lowest BCUT2D eigenvalue weighted by Gasteiger charge is -2.28. The number of esters is 1. The Morgan fingerprint density at radius 3 is 2.42 bits per heavy atom. The molecule has 0 saturated heterocycles. The van der Waals surface area contributed by atoms with Gasteiger partial charge in [-0.05, 0) is 64.6 Å². The molecule has 0 N–H and O–H groups in total. The highest BCUT2D eigenvalue weighted by Crippen LogP contribution is 2.35. The maximum Gasteiger partial charge on any atom is 0.337 e. The number of ketones is 1. The molecule has 2 aromatic rings. The van der Waals surface area contributed by atoms with Crippen molar-refractivity contribution in [3.63, 3.8) is 0 Å². The summed E-state index contributed by atoms with van der Waals surface area (Å²) in [5.74, 6) is -1.04. The van der Waals surface area contributed by atoms with Crippen LogP contribution in [0.1, 0.15) is 26.3 Å². The molecule has 0 atom stereocenters. The van der Waals surface area contributed by atoms with E-state index in [0.29, 0.717) is 22.4 Å². The molecule has 8 heteroatoms. The summed E-state index contributed by atoms with van der Waals surface area (Å²) in [6.07, 6.45) is 1.32. The summed E-state index contributed by atoms with van der Waals surface area (Å²) in [5.41, 5.74) is 1.52. The third-order valence-corrected chi connectivity index (χ3v) is 6.48. The number of halogens is 1. The molecule has 1 aliphatic rings. The molecule has 1 heterocycles. The van der Waals surface area contributed by atoms with E-state index < -0.39 is 21.8 Å². The van der Waals surface area contributed by atoms with E-state index in [0.717, 1.165) is 7.88 Å². The van der Waals surface area contributed by atoms with Gasteiger partial charge in [0.25, 0.3) is 10.0 Å². The SMILES string of the molecule is COC(=O)c1ccc(/C=C2/C(=O)c3cc(I)ccc3N(C)S2(=O)=O)cc1. The highest BCUT2D eigenvalue weighted by molar-refractivity contribution is 14.1. The molecule has 0 radical (unpaired) electrons. The lowest BCUT2D eigenvalue weighted by molar-refractivity contribution is 0.0600. The van der Waals surface area contributed by atoms with Gasteiger partial charge < -0.3 is 4.74 Å². The topological polar surface area (TPSA) is 80.8 Å². The fraction of sp³-hybridized carbons (Fsp3) is 0.111. The molecular weight excluding hydrogens is 469 g/mol. The van der Waals surface area contributed by atoms with E-state index >= 15 is 0 Å². The molecule has 0 aliphatic carbocycles. The number of benzene rings is 2. The zero-order chi connectivity index (χ0) is 19.1. The third-order valence-electron chi connectivity index (χ3n) is 4.03. The van der Waals surface area contributed by atoms with E-state index in [1.807, 2.05) is 0 Å². The fourth-order valence-corrected chi connectivity index (χ4v) is 4.45. The van der Waals surface area contributed by atoms with Crippen LogP contribution in [0.5, 0.6) is 0 Å². The second-order valence-corrected chi connectivity index (χ2v) is 8.77. The van der Waals surface area contributed by atoms with E-state index in [1.54, 1.807) is 30.3 Å². The predicted octanol–water partition coefficient (Wildman–Crippen LogP) is 3.08. The molecule has 0 amide bonds. The molecule has 0 saturated carbocycles. The normalized spacial score (nSPS) is 17.1. The van der Waals surface area contributed by atoms with Gasteiger partial charge in [0, 0.05) is 16.2 Å². The van der Waals surface area contributed by atoms with Crippen molar-refractivity contribution >= 4 is 56.1 Å². The van der Waals surface area contributed by atoms with Crippen LogP contribution in [0.25, 0.3) is 6.08 Å². The highest BCUT2D eigenvalue weighted by Gasteiger charge is 2.38. The van der Waals surface area contributed by atoms with Crippen molar-refractivity contribution in [2.75, 3.05) is 18.5 Å². The minimum atomic E-state index is -3.96. The average Bonchev–Trinajstić information content (AvgIpc) is 2.63. The van der Waals surface area contributed by atoms with Crippen LogP contribution in [0, 0.1) is 3.57 Å². The molecule has 0 spiro atoms. The lowest BCUT2D eigenvalue weighted by atomic mass is 10.1. The Labute approximate surface area is 164 Å². The number of anilines is 1. The van der Waals surface area contributed by atoms with Crippen molar-refractivity contribution in [2.45, 2.75) is 0 Å². The minimum Gasteiger partial charge on any atom is -0.465 e. The first-order valence-electron chi connectivity index (χ1n) is 7.49. The second-order valence-electron chi connectivity index (χ2n) is 5.59. The number of rotatable bonds is 2. The largest absolute Gasteiger partial charge is 0.465 e. The molecular formula is C18H14INO5S. The van der Waals surface area contributed by atoms with Gasteiger partial charge in [-0.25, -0.2) is 13.2 Å². The molecule has 134 valence electrons. The van der Waals surface area contributed by atoms with Crippen LogP contribution in [0.15, 0.2) is 47.4 Å². The number of carbonyl (C=O) groups excluding carboxylic acids is 2. The smallest absolute Gasteiger partial charge is 0.337 e. The number of hydrogen-bond donors (Lipinski definition) is 0.